The van der Waals surface area contributed by atoms with E-state index in [-0.39, 0.29) is 5.91 Å². The van der Waals surface area contributed by atoms with Crippen LogP contribution in [-0.2, 0) is 0 Å². The van der Waals surface area contributed by atoms with Crippen LogP contribution >= 0.6 is 0 Å². The van der Waals surface area contributed by atoms with E-state index in [2.05, 4.69) is 10.3 Å². The zero-order valence-electron chi connectivity index (χ0n) is 16.2. The van der Waals surface area contributed by atoms with E-state index >= 15 is 0 Å². The number of aromatic nitrogens is 1. The number of nitrogens with one attached hydrogen (secondary N) is 1. The number of hydrogen-bond acceptors (Lipinski definition) is 6. The second-order valence-corrected chi connectivity index (χ2v) is 6.74. The van der Waals surface area contributed by atoms with Crippen LogP contribution < -0.4 is 19.5 Å². The lowest BCUT2D eigenvalue weighted by Crippen LogP contribution is -2.17. The average molecular weight is 402 g/mol. The van der Waals surface area contributed by atoms with Gasteiger partial charge in [-0.25, -0.2) is 4.98 Å². The summed E-state index contributed by atoms with van der Waals surface area (Å²) in [5, 5.41) is 2.88. The zero-order chi connectivity index (χ0) is 20.5. The van der Waals surface area contributed by atoms with Crippen molar-refractivity contribution < 1.29 is 23.4 Å². The van der Waals surface area contributed by atoms with Crippen molar-refractivity contribution >= 4 is 22.7 Å². The number of anilines is 1. The van der Waals surface area contributed by atoms with E-state index in [1.54, 1.807) is 37.4 Å². The van der Waals surface area contributed by atoms with Gasteiger partial charge in [-0.3, -0.25) is 4.79 Å². The molecule has 0 saturated carbocycles. The van der Waals surface area contributed by atoms with E-state index in [1.165, 1.54) is 0 Å². The number of carbonyl (C=O) groups excluding carboxylic acids is 1. The molecule has 7 nitrogen and oxygen atoms in total. The lowest BCUT2D eigenvalue weighted by Gasteiger charge is -2.18. The van der Waals surface area contributed by atoms with Gasteiger partial charge < -0.3 is 23.9 Å². The molecule has 2 heterocycles. The number of benzene rings is 3. The van der Waals surface area contributed by atoms with Gasteiger partial charge in [-0.2, -0.15) is 0 Å². The summed E-state index contributed by atoms with van der Waals surface area (Å²) in [4.78, 5) is 17.1. The highest BCUT2D eigenvalue weighted by molar-refractivity contribution is 6.04. The van der Waals surface area contributed by atoms with Crippen LogP contribution in [-0.4, -0.2) is 31.2 Å². The van der Waals surface area contributed by atoms with Crippen molar-refractivity contribution in [2.45, 2.75) is 0 Å². The average Bonchev–Trinajstić information content (AvgIpc) is 3.22. The van der Waals surface area contributed by atoms with Gasteiger partial charge in [-0.05, 0) is 54.6 Å². The lowest BCUT2D eigenvalue weighted by atomic mass is 10.1. The van der Waals surface area contributed by atoms with Gasteiger partial charge in [0.25, 0.3) is 5.91 Å². The third kappa shape index (κ3) is 3.41. The molecule has 0 aliphatic carbocycles. The molecule has 1 N–H and O–H groups in total. The van der Waals surface area contributed by atoms with Gasteiger partial charge in [-0.1, -0.05) is 0 Å². The summed E-state index contributed by atoms with van der Waals surface area (Å²) in [5.74, 6) is 2.23. The van der Waals surface area contributed by atoms with Crippen LogP contribution in [0.25, 0.3) is 22.6 Å². The first-order valence-corrected chi connectivity index (χ1v) is 9.45. The van der Waals surface area contributed by atoms with E-state index in [0.717, 1.165) is 16.8 Å². The molecule has 0 fully saturated rings. The number of oxazole rings is 1. The van der Waals surface area contributed by atoms with E-state index < -0.39 is 0 Å². The van der Waals surface area contributed by atoms with E-state index in [0.29, 0.717) is 47.4 Å². The molecule has 0 unspecified atom stereocenters. The summed E-state index contributed by atoms with van der Waals surface area (Å²) in [6.45, 7) is 0.987. The first kappa shape index (κ1) is 18.1. The quantitative estimate of drug-likeness (QED) is 0.540. The Labute approximate surface area is 172 Å². The summed E-state index contributed by atoms with van der Waals surface area (Å²) in [6, 6.07) is 17.9. The third-order valence-corrected chi connectivity index (χ3v) is 4.79. The smallest absolute Gasteiger partial charge is 0.255 e. The molecule has 150 valence electrons. The van der Waals surface area contributed by atoms with Gasteiger partial charge in [0.1, 0.15) is 24.5 Å². The highest BCUT2D eigenvalue weighted by atomic mass is 16.6. The van der Waals surface area contributed by atoms with E-state index in [9.17, 15) is 4.79 Å². The Morgan fingerprint density at radius 3 is 2.57 bits per heavy atom. The normalized spacial score (nSPS) is 12.6. The van der Waals surface area contributed by atoms with Crippen LogP contribution in [0.4, 0.5) is 5.69 Å². The number of fused-ring (bicyclic) bond motifs is 2. The Kier molecular flexibility index (Phi) is 4.48. The van der Waals surface area contributed by atoms with Crippen molar-refractivity contribution in [3.05, 3.63) is 66.2 Å². The molecule has 0 saturated heterocycles. The van der Waals surface area contributed by atoms with Gasteiger partial charge in [0, 0.05) is 22.9 Å². The standard InChI is InChI=1S/C23H18N2O5/c1-27-17-7-9-19-18(13-17)25-23(30-19)14-2-5-16(6-3-14)24-22(26)15-4-8-20-21(12-15)29-11-10-28-20/h2-9,12-13H,10-11H2,1H3,(H,24,26). The Morgan fingerprint density at radius 2 is 1.77 bits per heavy atom. The first-order valence-electron chi connectivity index (χ1n) is 9.45. The first-order chi connectivity index (χ1) is 14.7. The molecule has 30 heavy (non-hydrogen) atoms. The predicted molar refractivity (Wildman–Crippen MR) is 111 cm³/mol. The molecular formula is C23H18N2O5. The van der Waals surface area contributed by atoms with E-state index in [4.69, 9.17) is 18.6 Å². The summed E-state index contributed by atoms with van der Waals surface area (Å²) in [5.41, 5.74) is 3.37. The van der Waals surface area contributed by atoms with Crippen molar-refractivity contribution in [2.24, 2.45) is 0 Å². The molecule has 7 heteroatoms. The molecule has 4 aromatic rings. The van der Waals surface area contributed by atoms with Crippen LogP contribution in [0.15, 0.2) is 65.1 Å². The van der Waals surface area contributed by atoms with Crippen LogP contribution in [0.1, 0.15) is 10.4 Å². The second-order valence-electron chi connectivity index (χ2n) is 6.74. The molecule has 1 aliphatic rings. The molecule has 5 rings (SSSR count). The number of hydrogen-bond donors (Lipinski definition) is 1. The lowest BCUT2D eigenvalue weighted by molar-refractivity contribution is 0.102. The maximum atomic E-state index is 12.6. The summed E-state index contributed by atoms with van der Waals surface area (Å²) in [7, 11) is 1.61. The topological polar surface area (TPSA) is 82.8 Å². The second kappa shape index (κ2) is 7.44. The van der Waals surface area contributed by atoms with Crippen LogP contribution in [0.5, 0.6) is 17.2 Å². The summed E-state index contributed by atoms with van der Waals surface area (Å²) < 4.78 is 22.1. The largest absolute Gasteiger partial charge is 0.497 e. The predicted octanol–water partition coefficient (Wildman–Crippen LogP) is 4.53. The minimum absolute atomic E-state index is 0.228. The van der Waals surface area contributed by atoms with Gasteiger partial charge >= 0.3 is 0 Å². The SMILES string of the molecule is COc1ccc2oc(-c3ccc(NC(=O)c4ccc5c(c4)OCCO5)cc3)nc2c1. The van der Waals surface area contributed by atoms with Gasteiger partial charge in [0.05, 0.1) is 7.11 Å². The van der Waals surface area contributed by atoms with Gasteiger partial charge in [0.2, 0.25) is 5.89 Å². The number of carbonyl (C=O) groups is 1. The number of methoxy groups -OCH3 is 1. The molecule has 0 atom stereocenters. The number of ether oxygens (including phenoxy) is 3. The highest BCUT2D eigenvalue weighted by Gasteiger charge is 2.15. The number of rotatable bonds is 4. The third-order valence-electron chi connectivity index (χ3n) is 4.79. The molecule has 1 aliphatic heterocycles. The van der Waals surface area contributed by atoms with Crippen molar-refractivity contribution in [2.75, 3.05) is 25.6 Å². The Bertz CT molecular complexity index is 1230. The zero-order valence-corrected chi connectivity index (χ0v) is 16.2. The summed E-state index contributed by atoms with van der Waals surface area (Å²) in [6.07, 6.45) is 0. The fourth-order valence-electron chi connectivity index (χ4n) is 3.24. The molecule has 0 radical (unpaired) electrons. The highest BCUT2D eigenvalue weighted by Crippen LogP contribution is 2.31. The minimum Gasteiger partial charge on any atom is -0.497 e. The van der Waals surface area contributed by atoms with Crippen LogP contribution in [0.3, 0.4) is 0 Å². The van der Waals surface area contributed by atoms with Crippen LogP contribution in [0.2, 0.25) is 0 Å². The van der Waals surface area contributed by atoms with Crippen LogP contribution in [0, 0.1) is 0 Å². The fourth-order valence-corrected chi connectivity index (χ4v) is 3.24. The maximum Gasteiger partial charge on any atom is 0.255 e. The van der Waals surface area contributed by atoms with Gasteiger partial charge in [-0.15, -0.1) is 0 Å². The minimum atomic E-state index is -0.228. The number of nitrogens with zero attached hydrogens (tertiary/aromatic N) is 1. The molecule has 1 aromatic heterocycles. The monoisotopic (exact) mass is 402 g/mol. The Morgan fingerprint density at radius 1 is 0.967 bits per heavy atom. The van der Waals surface area contributed by atoms with Gasteiger partial charge in [0.15, 0.2) is 17.1 Å². The van der Waals surface area contributed by atoms with Crippen molar-refractivity contribution in [1.82, 2.24) is 4.98 Å². The number of amides is 1. The Balaban J connectivity index is 1.33. The molecule has 0 spiro atoms. The molecule has 0 bridgehead atoms. The Hall–Kier alpha value is -4.00. The van der Waals surface area contributed by atoms with Crippen molar-refractivity contribution in [3.63, 3.8) is 0 Å². The fraction of sp³-hybridized carbons (Fsp3) is 0.130. The summed E-state index contributed by atoms with van der Waals surface area (Å²) >= 11 is 0. The molecule has 3 aromatic carbocycles. The van der Waals surface area contributed by atoms with E-state index in [1.807, 2.05) is 30.3 Å². The molecule has 1 amide bonds. The molecular weight excluding hydrogens is 384 g/mol. The van der Waals surface area contributed by atoms with Crippen molar-refractivity contribution in [3.8, 4) is 28.7 Å². The maximum absolute atomic E-state index is 12.6. The van der Waals surface area contributed by atoms with Crippen molar-refractivity contribution in [1.29, 1.82) is 0 Å².